The third kappa shape index (κ3) is 4.59. The van der Waals surface area contributed by atoms with Gasteiger partial charge in [0.2, 0.25) is 10.0 Å². The SMILES string of the molecule is CC(C)Cn1c(N)c(C(=O)CN2CCCC(S(N)(=O)=O)C2)c(=O)[nH]c1=O. The summed E-state index contributed by atoms with van der Waals surface area (Å²) in [6.45, 7) is 4.48. The summed E-state index contributed by atoms with van der Waals surface area (Å²) in [5.74, 6) is -0.643. The van der Waals surface area contributed by atoms with Gasteiger partial charge in [0.1, 0.15) is 11.4 Å². The van der Waals surface area contributed by atoms with Crippen LogP contribution in [0, 0.1) is 5.92 Å². The van der Waals surface area contributed by atoms with Crippen LogP contribution in [0.25, 0.3) is 0 Å². The van der Waals surface area contributed by atoms with Crippen molar-refractivity contribution in [2.45, 2.75) is 38.5 Å². The first kappa shape index (κ1) is 20.3. The molecule has 146 valence electrons. The molecule has 0 amide bonds. The lowest BCUT2D eigenvalue weighted by molar-refractivity contribution is 0.0915. The molecule has 5 N–H and O–H groups in total. The number of nitrogens with zero attached hydrogens (tertiary/aromatic N) is 2. The lowest BCUT2D eigenvalue weighted by Crippen LogP contribution is -2.47. The van der Waals surface area contributed by atoms with Crippen LogP contribution in [0.3, 0.4) is 0 Å². The normalized spacial score (nSPS) is 19.0. The van der Waals surface area contributed by atoms with E-state index in [0.717, 1.165) is 0 Å². The second kappa shape index (κ2) is 7.72. The van der Waals surface area contributed by atoms with E-state index in [1.54, 1.807) is 4.90 Å². The number of primary sulfonamides is 1. The molecule has 1 aromatic heterocycles. The maximum atomic E-state index is 12.6. The number of aromatic nitrogens is 2. The van der Waals surface area contributed by atoms with E-state index in [9.17, 15) is 22.8 Å². The van der Waals surface area contributed by atoms with E-state index in [0.29, 0.717) is 19.4 Å². The molecule has 26 heavy (non-hydrogen) atoms. The summed E-state index contributed by atoms with van der Waals surface area (Å²) in [4.78, 5) is 40.4. The van der Waals surface area contributed by atoms with Gasteiger partial charge in [-0.05, 0) is 25.3 Å². The topological polar surface area (TPSA) is 161 Å². The molecule has 0 bridgehead atoms. The van der Waals surface area contributed by atoms with E-state index < -0.39 is 32.3 Å². The fourth-order valence-corrected chi connectivity index (χ4v) is 4.02. The number of rotatable bonds is 6. The number of anilines is 1. The number of sulfonamides is 1. The molecule has 1 unspecified atom stereocenters. The Kier molecular flexibility index (Phi) is 6.04. The van der Waals surface area contributed by atoms with E-state index in [1.807, 2.05) is 13.8 Å². The smallest absolute Gasteiger partial charge is 0.329 e. The van der Waals surface area contributed by atoms with Crippen molar-refractivity contribution in [3.63, 3.8) is 0 Å². The highest BCUT2D eigenvalue weighted by molar-refractivity contribution is 7.89. The van der Waals surface area contributed by atoms with Crippen LogP contribution in [0.2, 0.25) is 0 Å². The van der Waals surface area contributed by atoms with Gasteiger partial charge in [-0.15, -0.1) is 0 Å². The maximum Gasteiger partial charge on any atom is 0.329 e. The largest absolute Gasteiger partial charge is 0.384 e. The van der Waals surface area contributed by atoms with Crippen molar-refractivity contribution in [2.24, 2.45) is 11.1 Å². The lowest BCUT2D eigenvalue weighted by Gasteiger charge is -2.30. The maximum absolute atomic E-state index is 12.6. The van der Waals surface area contributed by atoms with Crippen molar-refractivity contribution >= 4 is 21.6 Å². The number of carbonyl (C=O) groups excluding carboxylic acids is 1. The molecule has 0 radical (unpaired) electrons. The minimum Gasteiger partial charge on any atom is -0.384 e. The first-order chi connectivity index (χ1) is 12.0. The number of Topliss-reactive ketones (excluding diaryl/α,β-unsaturated/α-hetero) is 1. The first-order valence-electron chi connectivity index (χ1n) is 8.40. The van der Waals surface area contributed by atoms with E-state index >= 15 is 0 Å². The van der Waals surface area contributed by atoms with Crippen LogP contribution in [-0.4, -0.2) is 53.5 Å². The van der Waals surface area contributed by atoms with Crippen molar-refractivity contribution in [1.82, 2.24) is 14.5 Å². The number of nitrogens with two attached hydrogens (primary N) is 2. The Morgan fingerprint density at radius 3 is 2.58 bits per heavy atom. The predicted molar refractivity (Wildman–Crippen MR) is 97.5 cm³/mol. The second-order valence-electron chi connectivity index (χ2n) is 7.04. The third-order valence-corrected chi connectivity index (χ3v) is 5.67. The molecular formula is C15H25N5O5S. The molecule has 1 aliphatic heterocycles. The minimum atomic E-state index is -3.69. The molecule has 2 heterocycles. The zero-order valence-corrected chi connectivity index (χ0v) is 15.7. The fraction of sp³-hybridized carbons (Fsp3) is 0.667. The van der Waals surface area contributed by atoms with E-state index in [-0.39, 0.29) is 36.9 Å². The van der Waals surface area contributed by atoms with Crippen LogP contribution >= 0.6 is 0 Å². The molecule has 1 aromatic rings. The number of nitrogen functional groups attached to an aromatic ring is 1. The number of likely N-dealkylation sites (tertiary alicyclic amines) is 1. The zero-order valence-electron chi connectivity index (χ0n) is 14.9. The number of hydrogen-bond donors (Lipinski definition) is 3. The Bertz CT molecular complexity index is 902. The Balaban J connectivity index is 2.27. The molecule has 1 aliphatic rings. The first-order valence-corrected chi connectivity index (χ1v) is 10.0. The molecule has 11 heteroatoms. The van der Waals surface area contributed by atoms with Gasteiger partial charge in [0, 0.05) is 13.1 Å². The quantitative estimate of drug-likeness (QED) is 0.512. The summed E-state index contributed by atoms with van der Waals surface area (Å²) in [5, 5.41) is 4.45. The van der Waals surface area contributed by atoms with Gasteiger partial charge in [0.25, 0.3) is 5.56 Å². The third-order valence-electron chi connectivity index (χ3n) is 4.36. The van der Waals surface area contributed by atoms with Crippen LogP contribution in [0.1, 0.15) is 37.0 Å². The standard InChI is InChI=1S/C15H25N5O5S/c1-9(2)6-20-13(16)12(14(22)18-15(20)23)11(21)8-19-5-3-4-10(7-19)26(17,24)25/h9-10H,3-8,16H2,1-2H3,(H2,17,24,25)(H,18,22,23). The molecule has 0 saturated carbocycles. The van der Waals surface area contributed by atoms with Crippen LogP contribution in [0.5, 0.6) is 0 Å². The summed E-state index contributed by atoms with van der Waals surface area (Å²) in [5.41, 5.74) is 4.15. The van der Waals surface area contributed by atoms with Gasteiger partial charge >= 0.3 is 5.69 Å². The van der Waals surface area contributed by atoms with Crippen LogP contribution in [0.15, 0.2) is 9.59 Å². The number of nitrogens with one attached hydrogen (secondary N) is 1. The highest BCUT2D eigenvalue weighted by Gasteiger charge is 2.30. The molecular weight excluding hydrogens is 362 g/mol. The van der Waals surface area contributed by atoms with Crippen LogP contribution < -0.4 is 22.1 Å². The molecule has 0 aromatic carbocycles. The summed E-state index contributed by atoms with van der Waals surface area (Å²) >= 11 is 0. The highest BCUT2D eigenvalue weighted by atomic mass is 32.2. The van der Waals surface area contributed by atoms with Crippen molar-refractivity contribution in [1.29, 1.82) is 0 Å². The zero-order chi connectivity index (χ0) is 19.6. The highest BCUT2D eigenvalue weighted by Crippen LogP contribution is 2.16. The van der Waals surface area contributed by atoms with E-state index in [2.05, 4.69) is 4.98 Å². The van der Waals surface area contributed by atoms with Gasteiger partial charge in [-0.1, -0.05) is 13.8 Å². The van der Waals surface area contributed by atoms with Crippen LogP contribution in [0.4, 0.5) is 5.82 Å². The number of carbonyl (C=O) groups is 1. The lowest BCUT2D eigenvalue weighted by atomic mass is 10.1. The van der Waals surface area contributed by atoms with Gasteiger partial charge in [-0.25, -0.2) is 18.4 Å². The average Bonchev–Trinajstić information content (AvgIpc) is 2.50. The Labute approximate surface area is 151 Å². The van der Waals surface area contributed by atoms with Gasteiger partial charge in [0.05, 0.1) is 11.8 Å². The predicted octanol–water partition coefficient (Wildman–Crippen LogP) is -1.29. The van der Waals surface area contributed by atoms with E-state index in [4.69, 9.17) is 10.9 Å². The van der Waals surface area contributed by atoms with Gasteiger partial charge in [-0.2, -0.15) is 0 Å². The Morgan fingerprint density at radius 1 is 1.35 bits per heavy atom. The summed E-state index contributed by atoms with van der Waals surface area (Å²) < 4.78 is 24.2. The molecule has 0 aliphatic carbocycles. The average molecular weight is 387 g/mol. The van der Waals surface area contributed by atoms with Gasteiger partial charge in [0.15, 0.2) is 5.78 Å². The number of H-pyrrole nitrogens is 1. The summed E-state index contributed by atoms with van der Waals surface area (Å²) in [7, 11) is -3.69. The summed E-state index contributed by atoms with van der Waals surface area (Å²) in [6, 6.07) is 0. The monoisotopic (exact) mass is 387 g/mol. The van der Waals surface area contributed by atoms with E-state index in [1.165, 1.54) is 4.57 Å². The van der Waals surface area contributed by atoms with Crippen molar-refractivity contribution in [3.8, 4) is 0 Å². The molecule has 10 nitrogen and oxygen atoms in total. The van der Waals surface area contributed by atoms with Crippen molar-refractivity contribution in [3.05, 3.63) is 26.4 Å². The summed E-state index contributed by atoms with van der Waals surface area (Å²) in [6.07, 6.45) is 1.01. The number of hydrogen-bond acceptors (Lipinski definition) is 7. The number of ketones is 1. The Hall–Kier alpha value is -1.98. The Morgan fingerprint density at radius 2 is 2.00 bits per heavy atom. The number of piperidine rings is 1. The minimum absolute atomic E-state index is 0.0847. The second-order valence-corrected chi connectivity index (χ2v) is 8.88. The van der Waals surface area contributed by atoms with Gasteiger partial charge in [-0.3, -0.25) is 24.0 Å². The molecule has 2 rings (SSSR count). The molecule has 1 saturated heterocycles. The molecule has 1 atom stereocenters. The van der Waals surface area contributed by atoms with Crippen molar-refractivity contribution in [2.75, 3.05) is 25.4 Å². The van der Waals surface area contributed by atoms with Gasteiger partial charge < -0.3 is 5.73 Å². The molecule has 0 spiro atoms. The number of aromatic amines is 1. The van der Waals surface area contributed by atoms with Crippen molar-refractivity contribution < 1.29 is 13.2 Å². The van der Waals surface area contributed by atoms with Crippen LogP contribution in [-0.2, 0) is 16.6 Å². The molecule has 1 fully saturated rings. The fourth-order valence-electron chi connectivity index (χ4n) is 3.11.